The van der Waals surface area contributed by atoms with Crippen LogP contribution in [0.25, 0.3) is 106 Å². The topological polar surface area (TPSA) is 51.8 Å². The van der Waals surface area contributed by atoms with Gasteiger partial charge in [-0.3, -0.25) is 0 Å². The molecule has 10 rings (SSSR count). The maximum Gasteiger partial charge on any atom is 0.164 e. The van der Waals surface area contributed by atoms with E-state index in [9.17, 15) is 0 Å². The number of furan rings is 1. The molecule has 3 aromatic heterocycles. The fourth-order valence-corrected chi connectivity index (χ4v) is 10.0. The lowest BCUT2D eigenvalue weighted by Gasteiger charge is -2.22. The molecule has 296 valence electrons. The molecule has 0 radical (unpaired) electrons. The smallest absolute Gasteiger partial charge is 0.164 e. The number of nitrogens with zero attached hydrogens (tertiary/aromatic N) is 3. The Morgan fingerprint density at radius 3 is 2.03 bits per heavy atom. The SMILES string of the molecule is C=Cc1sc2cccc(-c3nc(-c4ccccc4)nc(-c4cccc5oc6ccc(-c7cccc(-c8ccc9c(c8)C(/C=C\CC)=C(C)C9(C)C)c7)cc6c45)n3)c2c1/C=C\C. The Morgan fingerprint density at radius 1 is 0.639 bits per heavy atom. The second-order valence-electron chi connectivity index (χ2n) is 16.2. The summed E-state index contributed by atoms with van der Waals surface area (Å²) in [4.78, 5) is 16.7. The van der Waals surface area contributed by atoms with Crippen molar-refractivity contribution in [2.24, 2.45) is 0 Å². The highest BCUT2D eigenvalue weighted by Crippen LogP contribution is 2.48. The van der Waals surface area contributed by atoms with E-state index in [1.807, 2.05) is 55.5 Å². The van der Waals surface area contributed by atoms with Crippen molar-refractivity contribution in [3.63, 3.8) is 0 Å². The lowest BCUT2D eigenvalue weighted by atomic mass is 9.81. The van der Waals surface area contributed by atoms with Crippen molar-refractivity contribution < 1.29 is 4.42 Å². The molecule has 0 unspecified atom stereocenters. The number of thiophene rings is 1. The molecule has 0 saturated heterocycles. The Kier molecular flexibility index (Phi) is 9.57. The van der Waals surface area contributed by atoms with E-state index in [2.05, 4.69) is 144 Å². The molecule has 0 fully saturated rings. The molecule has 3 heterocycles. The summed E-state index contributed by atoms with van der Waals surface area (Å²) < 4.78 is 7.71. The molecule has 61 heavy (non-hydrogen) atoms. The first-order chi connectivity index (χ1) is 29.8. The van der Waals surface area contributed by atoms with Gasteiger partial charge in [0.05, 0.1) is 0 Å². The molecule has 0 bridgehead atoms. The molecule has 0 spiro atoms. The third kappa shape index (κ3) is 6.48. The van der Waals surface area contributed by atoms with Crippen LogP contribution in [-0.4, -0.2) is 15.0 Å². The van der Waals surface area contributed by atoms with Crippen LogP contribution in [0.2, 0.25) is 0 Å². The summed E-state index contributed by atoms with van der Waals surface area (Å²) in [6.07, 6.45) is 11.7. The highest BCUT2D eigenvalue weighted by molar-refractivity contribution is 7.20. The predicted molar refractivity (Wildman–Crippen MR) is 260 cm³/mol. The quantitative estimate of drug-likeness (QED) is 0.146. The zero-order valence-electron chi connectivity index (χ0n) is 35.1. The Labute approximate surface area is 361 Å². The summed E-state index contributed by atoms with van der Waals surface area (Å²) in [7, 11) is 0. The third-order valence-electron chi connectivity index (χ3n) is 12.3. The van der Waals surface area contributed by atoms with Crippen LogP contribution in [0.1, 0.15) is 62.6 Å². The number of fused-ring (bicyclic) bond motifs is 5. The van der Waals surface area contributed by atoms with E-state index in [1.165, 1.54) is 33.4 Å². The maximum absolute atomic E-state index is 6.55. The number of hydrogen-bond acceptors (Lipinski definition) is 5. The highest BCUT2D eigenvalue weighted by Gasteiger charge is 2.34. The van der Waals surface area contributed by atoms with Crippen molar-refractivity contribution in [1.29, 1.82) is 0 Å². The third-order valence-corrected chi connectivity index (χ3v) is 13.5. The van der Waals surface area contributed by atoms with Crippen LogP contribution in [-0.2, 0) is 5.41 Å². The number of hydrogen-bond donors (Lipinski definition) is 0. The van der Waals surface area contributed by atoms with E-state index in [1.54, 1.807) is 11.3 Å². The second kappa shape index (κ2) is 15.3. The fraction of sp³-hybridized carbons (Fsp3) is 0.125. The van der Waals surface area contributed by atoms with Crippen LogP contribution < -0.4 is 0 Å². The van der Waals surface area contributed by atoms with Gasteiger partial charge in [-0.05, 0) is 95.6 Å². The van der Waals surface area contributed by atoms with Crippen molar-refractivity contribution in [2.75, 3.05) is 0 Å². The molecular formula is C56H45N3OS. The minimum absolute atomic E-state index is 0.0000478. The van der Waals surface area contributed by atoms with E-state index in [0.717, 1.165) is 76.7 Å². The molecule has 9 aromatic rings. The minimum Gasteiger partial charge on any atom is -0.456 e. The van der Waals surface area contributed by atoms with Gasteiger partial charge < -0.3 is 4.42 Å². The molecule has 1 aliphatic carbocycles. The van der Waals surface area contributed by atoms with Gasteiger partial charge in [0.1, 0.15) is 11.2 Å². The van der Waals surface area contributed by atoms with Gasteiger partial charge in [0.25, 0.3) is 0 Å². The standard InChI is InChI=1S/C56H45N3OS/c1-7-10-22-40-34(4)56(5,6)46-29-27-38(32-44(40)46)36-20-14-21-37(31-36)39-28-30-47-45(33-39)51-42(23-15-25-48(51)60-47)54-57-53(35-18-12-11-13-19-35)58-55(59-54)43-24-16-26-50-52(43)41(17-8-2)49(9-3)61-50/h8-33H,3,7H2,1-2,4-6H3/b17-8-,22-10-. The van der Waals surface area contributed by atoms with E-state index >= 15 is 0 Å². The number of benzene rings is 6. The normalized spacial score (nSPS) is 13.7. The summed E-state index contributed by atoms with van der Waals surface area (Å²) >= 11 is 1.73. The lowest BCUT2D eigenvalue weighted by Crippen LogP contribution is -2.15. The first-order valence-corrected chi connectivity index (χ1v) is 21.8. The molecule has 0 amide bonds. The molecule has 4 nitrogen and oxygen atoms in total. The van der Waals surface area contributed by atoms with Crippen LogP contribution in [0, 0.1) is 0 Å². The highest BCUT2D eigenvalue weighted by atomic mass is 32.1. The van der Waals surface area contributed by atoms with Gasteiger partial charge in [0.15, 0.2) is 17.5 Å². The molecule has 5 heteroatoms. The zero-order valence-corrected chi connectivity index (χ0v) is 35.9. The number of aromatic nitrogens is 3. The van der Waals surface area contributed by atoms with Gasteiger partial charge in [0, 0.05) is 53.4 Å². The van der Waals surface area contributed by atoms with E-state index in [-0.39, 0.29) is 5.41 Å². The first-order valence-electron chi connectivity index (χ1n) is 21.0. The van der Waals surface area contributed by atoms with E-state index in [4.69, 9.17) is 19.4 Å². The monoisotopic (exact) mass is 807 g/mol. The van der Waals surface area contributed by atoms with Crippen LogP contribution in [0.5, 0.6) is 0 Å². The van der Waals surface area contributed by atoms with Crippen LogP contribution in [0.3, 0.4) is 0 Å². The molecule has 0 saturated carbocycles. The molecule has 0 atom stereocenters. The molecule has 0 N–H and O–H groups in total. The average Bonchev–Trinajstić information content (AvgIpc) is 3.92. The van der Waals surface area contributed by atoms with Gasteiger partial charge in [-0.1, -0.05) is 154 Å². The van der Waals surface area contributed by atoms with Crippen LogP contribution in [0.4, 0.5) is 0 Å². The average molecular weight is 808 g/mol. The molecule has 1 aliphatic rings. The Balaban J connectivity index is 1.12. The second-order valence-corrected chi connectivity index (χ2v) is 17.3. The largest absolute Gasteiger partial charge is 0.456 e. The summed E-state index contributed by atoms with van der Waals surface area (Å²) in [6, 6.07) is 45.0. The van der Waals surface area contributed by atoms with E-state index < -0.39 is 0 Å². The van der Waals surface area contributed by atoms with Gasteiger partial charge in [-0.2, -0.15) is 0 Å². The van der Waals surface area contributed by atoms with Crippen molar-refractivity contribution in [2.45, 2.75) is 46.5 Å². The lowest BCUT2D eigenvalue weighted by molar-refractivity contribution is 0.639. The van der Waals surface area contributed by atoms with Gasteiger partial charge in [0.2, 0.25) is 0 Å². The van der Waals surface area contributed by atoms with Crippen molar-refractivity contribution in [3.05, 3.63) is 179 Å². The minimum atomic E-state index is 0.0000478. The van der Waals surface area contributed by atoms with Crippen LogP contribution in [0.15, 0.2) is 162 Å². The Morgan fingerprint density at radius 2 is 1.30 bits per heavy atom. The number of rotatable bonds is 9. The Bertz CT molecular complexity index is 3300. The molecular weight excluding hydrogens is 763 g/mol. The zero-order chi connectivity index (χ0) is 41.8. The Hall–Kier alpha value is -6.95. The predicted octanol–water partition coefficient (Wildman–Crippen LogP) is 16.0. The van der Waals surface area contributed by atoms with Gasteiger partial charge >= 0.3 is 0 Å². The maximum atomic E-state index is 6.55. The molecule has 6 aromatic carbocycles. The summed E-state index contributed by atoms with van der Waals surface area (Å²) in [5.74, 6) is 1.82. The number of allylic oxidation sites excluding steroid dienone is 5. The summed E-state index contributed by atoms with van der Waals surface area (Å²) in [5.41, 5.74) is 15.6. The van der Waals surface area contributed by atoms with Crippen molar-refractivity contribution in [1.82, 2.24) is 15.0 Å². The fourth-order valence-electron chi connectivity index (χ4n) is 8.95. The van der Waals surface area contributed by atoms with Crippen molar-refractivity contribution in [3.8, 4) is 56.4 Å². The first kappa shape index (κ1) is 38.3. The van der Waals surface area contributed by atoms with Crippen molar-refractivity contribution >= 4 is 61.1 Å². The van der Waals surface area contributed by atoms with Crippen LogP contribution >= 0.6 is 11.3 Å². The summed E-state index contributed by atoms with van der Waals surface area (Å²) in [5, 5.41) is 3.09. The summed E-state index contributed by atoms with van der Waals surface area (Å²) in [6.45, 7) is 15.3. The van der Waals surface area contributed by atoms with Gasteiger partial charge in [-0.15, -0.1) is 11.3 Å². The van der Waals surface area contributed by atoms with Gasteiger partial charge in [-0.25, -0.2) is 15.0 Å². The molecule has 0 aliphatic heterocycles. The van der Waals surface area contributed by atoms with E-state index in [0.29, 0.717) is 17.5 Å².